The first-order valence-corrected chi connectivity index (χ1v) is 12.6. The van der Waals surface area contributed by atoms with E-state index in [1.54, 1.807) is 25.4 Å². The molecule has 3 aromatic carbocycles. The predicted molar refractivity (Wildman–Crippen MR) is 142 cm³/mol. The predicted octanol–water partition coefficient (Wildman–Crippen LogP) is 8.52. The van der Waals surface area contributed by atoms with Crippen molar-refractivity contribution in [2.75, 3.05) is 0 Å². The van der Waals surface area contributed by atoms with Crippen LogP contribution in [0.1, 0.15) is 47.6 Å². The topological polar surface area (TPSA) is 53.7 Å². The van der Waals surface area contributed by atoms with E-state index in [0.29, 0.717) is 33.8 Å². The molecule has 1 aliphatic carbocycles. The van der Waals surface area contributed by atoms with Crippen molar-refractivity contribution >= 4 is 10.9 Å². The average molecular weight is 514 g/mol. The molecule has 4 nitrogen and oxygen atoms in total. The van der Waals surface area contributed by atoms with Crippen molar-refractivity contribution in [3.8, 4) is 22.9 Å². The summed E-state index contributed by atoms with van der Waals surface area (Å²) in [5.74, 6) is -0.480. The quantitative estimate of drug-likeness (QED) is 0.214. The van der Waals surface area contributed by atoms with E-state index in [1.807, 2.05) is 31.2 Å². The highest BCUT2D eigenvalue weighted by atomic mass is 19.1. The Bertz CT molecular complexity index is 1690. The summed E-state index contributed by atoms with van der Waals surface area (Å²) in [5, 5.41) is 0.839. The van der Waals surface area contributed by atoms with Crippen LogP contribution < -0.4 is 4.74 Å². The molecule has 7 heteroatoms. The summed E-state index contributed by atoms with van der Waals surface area (Å²) in [6.07, 6.45) is 6.11. The van der Waals surface area contributed by atoms with Crippen molar-refractivity contribution in [2.45, 2.75) is 32.1 Å². The number of hydrogen-bond acceptors (Lipinski definition) is 2. The van der Waals surface area contributed by atoms with E-state index in [1.165, 1.54) is 24.3 Å². The molecule has 2 heterocycles. The van der Waals surface area contributed by atoms with E-state index in [2.05, 4.69) is 21.5 Å². The summed E-state index contributed by atoms with van der Waals surface area (Å²) in [7, 11) is 0. The third-order valence-corrected chi connectivity index (χ3v) is 7.55. The molecule has 2 N–H and O–H groups in total. The fraction of sp³-hybridized carbons (Fsp3) is 0.194. The van der Waals surface area contributed by atoms with Crippen LogP contribution >= 0.6 is 0 Å². The average Bonchev–Trinajstić information content (AvgIpc) is 3.27. The number of halogens is 3. The number of nitrogens with zero attached hydrogens (tertiary/aromatic N) is 1. The van der Waals surface area contributed by atoms with Crippen molar-refractivity contribution in [3.63, 3.8) is 0 Å². The number of H-pyrrole nitrogens is 2. The number of hydrogen-bond donors (Lipinski definition) is 2. The van der Waals surface area contributed by atoms with Crippen LogP contribution in [0.25, 0.3) is 22.3 Å². The lowest BCUT2D eigenvalue weighted by molar-refractivity contribution is 0.439. The molecule has 0 radical (unpaired) electrons. The summed E-state index contributed by atoms with van der Waals surface area (Å²) >= 11 is 0. The molecule has 192 valence electrons. The Balaban J connectivity index is 1.29. The Labute approximate surface area is 218 Å². The number of imidazole rings is 1. The first-order chi connectivity index (χ1) is 18.4. The zero-order chi connectivity index (χ0) is 26.6. The van der Waals surface area contributed by atoms with Crippen molar-refractivity contribution in [1.82, 2.24) is 15.0 Å². The lowest BCUT2D eigenvalue weighted by Gasteiger charge is -2.14. The fourth-order valence-corrected chi connectivity index (χ4v) is 5.20. The summed E-state index contributed by atoms with van der Waals surface area (Å²) in [6.45, 7) is 7.48. The number of fused-ring (bicyclic) bond motifs is 1. The monoisotopic (exact) mass is 513 g/mol. The molecule has 0 spiro atoms. The molecule has 1 aliphatic rings. The molecule has 5 aromatic rings. The SMILES string of the molecule is C=CC1CC1c1cccc(C(C)c2cnc(-c3cc(Oc4c(F)cc5[nH]ccc5c4C)ccc3F)[nH]2)c1F. The Morgan fingerprint density at radius 3 is 2.74 bits per heavy atom. The Morgan fingerprint density at radius 2 is 1.95 bits per heavy atom. The number of aryl methyl sites for hydroxylation is 1. The highest BCUT2D eigenvalue weighted by molar-refractivity contribution is 5.85. The largest absolute Gasteiger partial charge is 0.454 e. The van der Waals surface area contributed by atoms with Gasteiger partial charge in [0.1, 0.15) is 23.2 Å². The summed E-state index contributed by atoms with van der Waals surface area (Å²) in [4.78, 5) is 10.5. The van der Waals surface area contributed by atoms with E-state index in [-0.39, 0.29) is 40.5 Å². The zero-order valence-corrected chi connectivity index (χ0v) is 21.0. The zero-order valence-electron chi connectivity index (χ0n) is 21.0. The molecule has 0 amide bonds. The van der Waals surface area contributed by atoms with Gasteiger partial charge in [0.05, 0.1) is 5.56 Å². The van der Waals surface area contributed by atoms with Crippen LogP contribution in [0.15, 0.2) is 73.6 Å². The van der Waals surface area contributed by atoms with Crippen LogP contribution in [-0.2, 0) is 0 Å². The van der Waals surface area contributed by atoms with Crippen LogP contribution in [-0.4, -0.2) is 15.0 Å². The van der Waals surface area contributed by atoms with Crippen LogP contribution in [0, 0.1) is 30.3 Å². The molecule has 6 rings (SSSR count). The van der Waals surface area contributed by atoms with Crippen LogP contribution in [0.3, 0.4) is 0 Å². The van der Waals surface area contributed by atoms with E-state index in [4.69, 9.17) is 4.74 Å². The second-order valence-electron chi connectivity index (χ2n) is 9.90. The summed E-state index contributed by atoms with van der Waals surface area (Å²) < 4.78 is 51.0. The first-order valence-electron chi connectivity index (χ1n) is 12.6. The van der Waals surface area contributed by atoms with E-state index < -0.39 is 11.6 Å². The number of aromatic nitrogens is 3. The smallest absolute Gasteiger partial charge is 0.168 e. The van der Waals surface area contributed by atoms with Gasteiger partial charge >= 0.3 is 0 Å². The third-order valence-electron chi connectivity index (χ3n) is 7.55. The number of benzene rings is 3. The highest BCUT2D eigenvalue weighted by Crippen LogP contribution is 2.49. The van der Waals surface area contributed by atoms with Crippen molar-refractivity contribution in [1.29, 1.82) is 0 Å². The van der Waals surface area contributed by atoms with Gasteiger partial charge in [-0.25, -0.2) is 18.2 Å². The molecule has 0 aliphatic heterocycles. The molecule has 3 unspecified atom stereocenters. The van der Waals surface area contributed by atoms with E-state index >= 15 is 4.39 Å². The minimum Gasteiger partial charge on any atom is -0.454 e. The lowest BCUT2D eigenvalue weighted by atomic mass is 9.94. The molecule has 38 heavy (non-hydrogen) atoms. The standard InChI is InChI=1S/C31H26F3N3O/c1-4-18-12-23(18)22-7-5-6-21(29(22)34)16(2)28-15-36-31(37-28)24-13-19(8-9-25(24)32)38-30-17(3)20-10-11-35-27(20)14-26(30)33/h4-11,13-16,18,23,35H,1,12H2,2-3H3,(H,36,37). The van der Waals surface area contributed by atoms with Crippen LogP contribution in [0.4, 0.5) is 13.2 Å². The van der Waals surface area contributed by atoms with Gasteiger partial charge in [-0.3, -0.25) is 0 Å². The molecule has 0 saturated heterocycles. The van der Waals surface area contributed by atoms with Crippen LogP contribution in [0.5, 0.6) is 11.5 Å². The maximum Gasteiger partial charge on any atom is 0.168 e. The van der Waals surface area contributed by atoms with Crippen molar-refractivity contribution < 1.29 is 17.9 Å². The van der Waals surface area contributed by atoms with E-state index in [9.17, 15) is 8.78 Å². The summed E-state index contributed by atoms with van der Waals surface area (Å²) in [5.41, 5.74) is 3.38. The van der Waals surface area contributed by atoms with Gasteiger partial charge in [-0.05, 0) is 60.6 Å². The second-order valence-corrected chi connectivity index (χ2v) is 9.90. The van der Waals surface area contributed by atoms with Gasteiger partial charge in [-0.2, -0.15) is 0 Å². The molecule has 0 bridgehead atoms. The number of nitrogens with one attached hydrogen (secondary N) is 2. The maximum absolute atomic E-state index is 15.4. The fourth-order valence-electron chi connectivity index (χ4n) is 5.20. The molecular weight excluding hydrogens is 487 g/mol. The number of allylic oxidation sites excluding steroid dienone is 1. The molecule has 3 atom stereocenters. The molecule has 1 fully saturated rings. The minimum atomic E-state index is -0.521. The molecular formula is C31H26F3N3O. The Morgan fingerprint density at radius 1 is 1.11 bits per heavy atom. The van der Waals surface area contributed by atoms with Gasteiger partial charge in [-0.1, -0.05) is 31.2 Å². The van der Waals surface area contributed by atoms with Gasteiger partial charge in [0, 0.05) is 46.5 Å². The number of aromatic amines is 2. The number of ether oxygens (including phenoxy) is 1. The van der Waals surface area contributed by atoms with E-state index in [0.717, 1.165) is 11.8 Å². The van der Waals surface area contributed by atoms with Crippen molar-refractivity contribution in [3.05, 3.63) is 113 Å². The molecule has 1 saturated carbocycles. The third kappa shape index (κ3) is 4.08. The van der Waals surface area contributed by atoms with Gasteiger partial charge in [0.25, 0.3) is 0 Å². The lowest BCUT2D eigenvalue weighted by Crippen LogP contribution is -2.03. The second kappa shape index (κ2) is 9.24. The molecule has 2 aromatic heterocycles. The van der Waals surface area contributed by atoms with Gasteiger partial charge in [0.15, 0.2) is 11.6 Å². The van der Waals surface area contributed by atoms with Crippen LogP contribution in [0.2, 0.25) is 0 Å². The van der Waals surface area contributed by atoms with Gasteiger partial charge in [0.2, 0.25) is 0 Å². The maximum atomic E-state index is 15.4. The number of rotatable bonds is 7. The first kappa shape index (κ1) is 24.1. The summed E-state index contributed by atoms with van der Waals surface area (Å²) in [6, 6.07) is 12.9. The van der Waals surface area contributed by atoms with Crippen molar-refractivity contribution in [2.24, 2.45) is 5.92 Å². The normalized spacial score (nSPS) is 17.5. The van der Waals surface area contributed by atoms with Gasteiger partial charge in [-0.15, -0.1) is 6.58 Å². The Kier molecular flexibility index (Phi) is 5.86. The van der Waals surface area contributed by atoms with Gasteiger partial charge < -0.3 is 14.7 Å². The highest BCUT2D eigenvalue weighted by Gasteiger charge is 2.38. The Hall–Kier alpha value is -4.26. The minimum absolute atomic E-state index is 0.0770.